The monoisotopic (exact) mass is 497 g/mol. The highest BCUT2D eigenvalue weighted by Gasteiger charge is 2.32. The first-order valence-electron chi connectivity index (χ1n) is 13.9. The molecule has 0 bridgehead atoms. The second kappa shape index (κ2) is 11.2. The number of hydrogen-bond donors (Lipinski definition) is 1. The van der Waals surface area contributed by atoms with Crippen molar-refractivity contribution in [1.29, 1.82) is 5.41 Å². The molecule has 1 saturated carbocycles. The zero-order chi connectivity index (χ0) is 25.9. The topological polar surface area (TPSA) is 30.3 Å². The molecule has 3 aromatic carbocycles. The van der Waals surface area contributed by atoms with Gasteiger partial charge in [-0.1, -0.05) is 48.5 Å². The molecule has 2 fully saturated rings. The number of para-hydroxylation sites is 1. The van der Waals surface area contributed by atoms with Gasteiger partial charge in [-0.2, -0.15) is 0 Å². The summed E-state index contributed by atoms with van der Waals surface area (Å²) in [6.45, 7) is 11.1. The summed E-state index contributed by atoms with van der Waals surface area (Å²) < 4.78 is 14.2. The van der Waals surface area contributed by atoms with E-state index < -0.39 is 0 Å². The van der Waals surface area contributed by atoms with Crippen molar-refractivity contribution in [3.63, 3.8) is 0 Å². The molecule has 1 unspecified atom stereocenters. The van der Waals surface area contributed by atoms with Crippen molar-refractivity contribution < 1.29 is 4.39 Å². The molecule has 1 aliphatic carbocycles. The standard InChI is InChI=1S/C33H40FN3/c1-23-8-4-7-11-32(23)37(22-26-12-13-26)25(3)28-16-18-36(19-17-28)21-27-14-15-29(24(2)20-27)33(35)30-9-5-6-10-31(30)34/h4-11,14-15,20,25-26,28,35H,12-13,16-19,21-22H2,1-3H3. The van der Waals surface area contributed by atoms with Crippen LogP contribution in [-0.2, 0) is 6.54 Å². The van der Waals surface area contributed by atoms with Gasteiger partial charge in [-0.3, -0.25) is 10.3 Å². The number of benzene rings is 3. The summed E-state index contributed by atoms with van der Waals surface area (Å²) in [7, 11) is 0. The average molecular weight is 498 g/mol. The van der Waals surface area contributed by atoms with Gasteiger partial charge >= 0.3 is 0 Å². The lowest BCUT2D eigenvalue weighted by Crippen LogP contribution is -2.45. The zero-order valence-electron chi connectivity index (χ0n) is 22.5. The predicted octanol–water partition coefficient (Wildman–Crippen LogP) is 7.38. The van der Waals surface area contributed by atoms with Gasteiger partial charge in [0.2, 0.25) is 0 Å². The number of halogens is 1. The van der Waals surface area contributed by atoms with E-state index in [-0.39, 0.29) is 11.5 Å². The Bertz CT molecular complexity index is 1240. The van der Waals surface area contributed by atoms with E-state index in [1.165, 1.54) is 55.1 Å². The number of likely N-dealkylation sites (tertiary alicyclic amines) is 1. The van der Waals surface area contributed by atoms with Crippen LogP contribution in [0.25, 0.3) is 0 Å². The lowest BCUT2D eigenvalue weighted by molar-refractivity contribution is 0.163. The normalized spacial score (nSPS) is 17.5. The lowest BCUT2D eigenvalue weighted by atomic mass is 9.88. The van der Waals surface area contributed by atoms with E-state index in [4.69, 9.17) is 5.41 Å². The number of rotatable bonds is 9. The number of nitrogens with one attached hydrogen (secondary N) is 1. The van der Waals surface area contributed by atoms with Crippen molar-refractivity contribution in [3.8, 4) is 0 Å². The molecule has 1 heterocycles. The van der Waals surface area contributed by atoms with Gasteiger partial charge in [0.05, 0.1) is 5.71 Å². The Kier molecular flexibility index (Phi) is 7.76. The van der Waals surface area contributed by atoms with E-state index in [2.05, 4.69) is 60.0 Å². The second-order valence-electron chi connectivity index (χ2n) is 11.2. The van der Waals surface area contributed by atoms with E-state index in [1.54, 1.807) is 18.2 Å². The number of hydrogen-bond acceptors (Lipinski definition) is 3. The summed E-state index contributed by atoms with van der Waals surface area (Å²) >= 11 is 0. The molecule has 3 aromatic rings. The summed E-state index contributed by atoms with van der Waals surface area (Å²) in [5.74, 6) is 1.24. The van der Waals surface area contributed by atoms with Crippen molar-refractivity contribution in [2.75, 3.05) is 24.5 Å². The molecule has 0 spiro atoms. The molecule has 194 valence electrons. The first-order valence-corrected chi connectivity index (χ1v) is 13.9. The molecular weight excluding hydrogens is 457 g/mol. The maximum atomic E-state index is 14.2. The minimum atomic E-state index is -0.341. The second-order valence-corrected chi connectivity index (χ2v) is 11.2. The summed E-state index contributed by atoms with van der Waals surface area (Å²) in [5.41, 5.74) is 6.51. The van der Waals surface area contributed by atoms with Crippen LogP contribution in [-0.4, -0.2) is 36.3 Å². The quantitative estimate of drug-likeness (QED) is 0.313. The van der Waals surface area contributed by atoms with Gasteiger partial charge in [0.1, 0.15) is 5.82 Å². The molecule has 0 aromatic heterocycles. The van der Waals surface area contributed by atoms with Gasteiger partial charge in [0.15, 0.2) is 0 Å². The molecule has 4 heteroatoms. The predicted molar refractivity (Wildman–Crippen MR) is 152 cm³/mol. The van der Waals surface area contributed by atoms with E-state index in [1.807, 2.05) is 13.0 Å². The SMILES string of the molecule is Cc1cc(CN2CCC(C(C)N(CC3CC3)c3ccccc3C)CC2)ccc1C(=N)c1ccccc1F. The van der Waals surface area contributed by atoms with Crippen LogP contribution in [0.15, 0.2) is 66.7 Å². The maximum Gasteiger partial charge on any atom is 0.132 e. The molecule has 1 aliphatic heterocycles. The third kappa shape index (κ3) is 5.96. The fourth-order valence-corrected chi connectivity index (χ4v) is 5.97. The zero-order valence-corrected chi connectivity index (χ0v) is 22.5. The van der Waals surface area contributed by atoms with Crippen LogP contribution in [0, 0.1) is 36.9 Å². The highest BCUT2D eigenvalue weighted by atomic mass is 19.1. The Balaban J connectivity index is 1.20. The maximum absolute atomic E-state index is 14.2. The Morgan fingerprint density at radius 3 is 2.30 bits per heavy atom. The van der Waals surface area contributed by atoms with Gasteiger partial charge in [-0.25, -0.2) is 4.39 Å². The van der Waals surface area contributed by atoms with Crippen LogP contribution < -0.4 is 4.90 Å². The van der Waals surface area contributed by atoms with E-state index in [9.17, 15) is 4.39 Å². The van der Waals surface area contributed by atoms with Crippen LogP contribution in [0.2, 0.25) is 0 Å². The first-order chi connectivity index (χ1) is 17.9. The van der Waals surface area contributed by atoms with Crippen molar-refractivity contribution in [3.05, 3.63) is 100 Å². The molecular formula is C33H40FN3. The van der Waals surface area contributed by atoms with E-state index >= 15 is 0 Å². The van der Waals surface area contributed by atoms with E-state index in [0.29, 0.717) is 17.5 Å². The van der Waals surface area contributed by atoms with Crippen molar-refractivity contribution in [2.45, 2.75) is 59.0 Å². The Labute approximate surface area is 221 Å². The number of nitrogens with zero attached hydrogens (tertiary/aromatic N) is 2. The highest BCUT2D eigenvalue weighted by Crippen LogP contribution is 2.36. The number of aryl methyl sites for hydroxylation is 2. The molecule has 5 rings (SSSR count). The minimum Gasteiger partial charge on any atom is -0.368 e. The van der Waals surface area contributed by atoms with Crippen molar-refractivity contribution in [1.82, 2.24) is 4.90 Å². The minimum absolute atomic E-state index is 0.251. The molecule has 1 saturated heterocycles. The molecule has 1 atom stereocenters. The van der Waals surface area contributed by atoms with E-state index in [0.717, 1.165) is 36.7 Å². The number of anilines is 1. The van der Waals surface area contributed by atoms with Crippen LogP contribution >= 0.6 is 0 Å². The molecule has 0 radical (unpaired) electrons. The summed E-state index contributed by atoms with van der Waals surface area (Å²) in [4.78, 5) is 5.28. The van der Waals surface area contributed by atoms with Crippen molar-refractivity contribution >= 4 is 11.4 Å². The van der Waals surface area contributed by atoms with Gasteiger partial charge in [0, 0.05) is 35.9 Å². The molecule has 3 nitrogen and oxygen atoms in total. The van der Waals surface area contributed by atoms with Crippen LogP contribution in [0.5, 0.6) is 0 Å². The van der Waals surface area contributed by atoms with Crippen LogP contribution in [0.1, 0.15) is 60.4 Å². The largest absolute Gasteiger partial charge is 0.368 e. The average Bonchev–Trinajstić information content (AvgIpc) is 3.72. The fraction of sp³-hybridized carbons (Fsp3) is 0.424. The van der Waals surface area contributed by atoms with Crippen molar-refractivity contribution in [2.24, 2.45) is 11.8 Å². The third-order valence-corrected chi connectivity index (χ3v) is 8.49. The number of piperidine rings is 1. The highest BCUT2D eigenvalue weighted by molar-refractivity contribution is 6.11. The lowest BCUT2D eigenvalue weighted by Gasteiger charge is -2.41. The smallest absolute Gasteiger partial charge is 0.132 e. The molecule has 37 heavy (non-hydrogen) atoms. The Morgan fingerprint density at radius 2 is 1.62 bits per heavy atom. The van der Waals surface area contributed by atoms with Crippen LogP contribution in [0.4, 0.5) is 10.1 Å². The van der Waals surface area contributed by atoms with Crippen LogP contribution in [0.3, 0.4) is 0 Å². The summed E-state index contributed by atoms with van der Waals surface area (Å²) in [5, 5.41) is 8.54. The molecule has 0 amide bonds. The summed E-state index contributed by atoms with van der Waals surface area (Å²) in [6, 6.07) is 22.3. The van der Waals surface area contributed by atoms with Gasteiger partial charge < -0.3 is 4.90 Å². The van der Waals surface area contributed by atoms with Gasteiger partial charge in [-0.05, 0) is 106 Å². The molecule has 2 aliphatic rings. The van der Waals surface area contributed by atoms with Gasteiger partial charge in [0.25, 0.3) is 0 Å². The van der Waals surface area contributed by atoms with Gasteiger partial charge in [-0.15, -0.1) is 0 Å². The Morgan fingerprint density at radius 1 is 0.919 bits per heavy atom. The Hall–Kier alpha value is -2.98. The third-order valence-electron chi connectivity index (χ3n) is 8.49. The summed E-state index contributed by atoms with van der Waals surface area (Å²) in [6.07, 6.45) is 5.21. The molecule has 1 N–H and O–H groups in total. The fourth-order valence-electron chi connectivity index (χ4n) is 5.97. The first kappa shape index (κ1) is 25.7.